The van der Waals surface area contributed by atoms with Crippen LogP contribution < -0.4 is 4.74 Å². The van der Waals surface area contributed by atoms with Crippen LogP contribution in [-0.2, 0) is 7.05 Å². The summed E-state index contributed by atoms with van der Waals surface area (Å²) in [4.78, 5) is 0. The number of hydrogen-bond acceptors (Lipinski definition) is 4. The Bertz CT molecular complexity index is 781. The van der Waals surface area contributed by atoms with Crippen LogP contribution in [0.15, 0.2) is 41.0 Å². The average Bonchev–Trinajstić information content (AvgIpc) is 2.84. The van der Waals surface area contributed by atoms with Crippen molar-refractivity contribution < 1.29 is 9.84 Å². The third-order valence-electron chi connectivity index (χ3n) is 3.47. The number of ether oxygens (including phenoxy) is 1. The van der Waals surface area contributed by atoms with Crippen LogP contribution in [0, 0.1) is 0 Å². The number of hydrogen-bond donors (Lipinski definition) is 1. The number of methoxy groups -OCH3 is 1. The Morgan fingerprint density at radius 3 is 2.57 bits per heavy atom. The monoisotopic (exact) mass is 347 g/mol. The summed E-state index contributed by atoms with van der Waals surface area (Å²) in [6.07, 6.45) is -0.786. The number of rotatable bonds is 3. The number of halogens is 1. The molecule has 0 aliphatic heterocycles. The molecule has 0 bridgehead atoms. The van der Waals surface area contributed by atoms with Crippen LogP contribution in [0.1, 0.15) is 17.4 Å². The van der Waals surface area contributed by atoms with E-state index >= 15 is 0 Å². The number of aliphatic hydroxyl groups excluding tert-OH is 1. The first kappa shape index (κ1) is 14.0. The molecule has 1 unspecified atom stereocenters. The van der Waals surface area contributed by atoms with E-state index in [4.69, 9.17) is 4.74 Å². The van der Waals surface area contributed by atoms with Gasteiger partial charge in [0, 0.05) is 7.05 Å². The van der Waals surface area contributed by atoms with Gasteiger partial charge in [-0.05, 0) is 50.5 Å². The lowest BCUT2D eigenvalue weighted by atomic mass is 10.0. The van der Waals surface area contributed by atoms with Gasteiger partial charge in [0.15, 0.2) is 4.60 Å². The summed E-state index contributed by atoms with van der Waals surface area (Å²) < 4.78 is 7.33. The fourth-order valence-electron chi connectivity index (χ4n) is 2.33. The second kappa shape index (κ2) is 5.46. The normalized spacial score (nSPS) is 12.6. The van der Waals surface area contributed by atoms with E-state index < -0.39 is 6.10 Å². The number of benzene rings is 2. The maximum absolute atomic E-state index is 10.5. The Morgan fingerprint density at radius 2 is 1.90 bits per heavy atom. The van der Waals surface area contributed by atoms with Gasteiger partial charge in [-0.3, -0.25) is 0 Å². The summed E-state index contributed by atoms with van der Waals surface area (Å²) in [5.41, 5.74) is 1.42. The van der Waals surface area contributed by atoms with Crippen LogP contribution in [0.4, 0.5) is 0 Å². The third-order valence-corrected chi connectivity index (χ3v) is 4.04. The van der Waals surface area contributed by atoms with E-state index in [1.807, 2.05) is 36.4 Å². The fraction of sp³-hybridized carbons (Fsp3) is 0.200. The predicted octanol–water partition coefficient (Wildman–Crippen LogP) is 2.82. The molecule has 21 heavy (non-hydrogen) atoms. The van der Waals surface area contributed by atoms with E-state index in [1.165, 1.54) is 0 Å². The molecule has 3 aromatic rings. The molecule has 108 valence electrons. The van der Waals surface area contributed by atoms with E-state index in [9.17, 15) is 5.11 Å². The van der Waals surface area contributed by atoms with Crippen molar-refractivity contribution in [3.8, 4) is 5.75 Å². The van der Waals surface area contributed by atoms with Crippen molar-refractivity contribution in [1.29, 1.82) is 0 Å². The highest BCUT2D eigenvalue weighted by Crippen LogP contribution is 2.29. The molecule has 1 atom stereocenters. The topological polar surface area (TPSA) is 60.2 Å². The Labute approximate surface area is 130 Å². The molecule has 1 heterocycles. The molecule has 0 saturated heterocycles. The van der Waals surface area contributed by atoms with Crippen molar-refractivity contribution in [3.63, 3.8) is 0 Å². The maximum atomic E-state index is 10.5. The van der Waals surface area contributed by atoms with E-state index in [-0.39, 0.29) is 0 Å². The van der Waals surface area contributed by atoms with E-state index in [0.29, 0.717) is 10.3 Å². The molecular weight excluding hydrogens is 334 g/mol. The number of fused-ring (bicyclic) bond motifs is 1. The molecule has 0 aliphatic carbocycles. The molecule has 1 aromatic heterocycles. The average molecular weight is 348 g/mol. The zero-order valence-electron chi connectivity index (χ0n) is 11.6. The number of aromatic nitrogens is 3. The van der Waals surface area contributed by atoms with Crippen LogP contribution in [0.3, 0.4) is 0 Å². The fourth-order valence-corrected chi connectivity index (χ4v) is 2.87. The minimum Gasteiger partial charge on any atom is -0.497 e. The summed E-state index contributed by atoms with van der Waals surface area (Å²) in [5.74, 6) is 0.814. The Kier molecular flexibility index (Phi) is 3.65. The quantitative estimate of drug-likeness (QED) is 0.791. The lowest BCUT2D eigenvalue weighted by molar-refractivity contribution is 0.209. The van der Waals surface area contributed by atoms with Gasteiger partial charge in [-0.2, -0.15) is 0 Å². The van der Waals surface area contributed by atoms with Gasteiger partial charge < -0.3 is 9.84 Å². The molecule has 0 radical (unpaired) electrons. The van der Waals surface area contributed by atoms with Gasteiger partial charge in [0.25, 0.3) is 0 Å². The Hall–Kier alpha value is -1.92. The van der Waals surface area contributed by atoms with Gasteiger partial charge in [0.2, 0.25) is 0 Å². The largest absolute Gasteiger partial charge is 0.497 e. The molecule has 1 N–H and O–H groups in total. The van der Waals surface area contributed by atoms with Crippen molar-refractivity contribution >= 4 is 26.7 Å². The molecule has 0 fully saturated rings. The first-order valence-corrected chi connectivity index (χ1v) is 7.20. The van der Waals surface area contributed by atoms with Gasteiger partial charge in [-0.15, -0.1) is 5.10 Å². The molecule has 3 rings (SSSR count). The van der Waals surface area contributed by atoms with Crippen molar-refractivity contribution in [2.75, 3.05) is 7.11 Å². The molecule has 2 aromatic carbocycles. The van der Waals surface area contributed by atoms with Crippen molar-refractivity contribution in [3.05, 3.63) is 52.3 Å². The van der Waals surface area contributed by atoms with Crippen molar-refractivity contribution in [2.45, 2.75) is 6.10 Å². The maximum Gasteiger partial charge on any atom is 0.154 e. The van der Waals surface area contributed by atoms with Gasteiger partial charge in [-0.1, -0.05) is 23.4 Å². The smallest absolute Gasteiger partial charge is 0.154 e. The molecule has 6 heteroatoms. The minimum absolute atomic E-state index is 0.548. The molecule has 0 saturated carbocycles. The predicted molar refractivity (Wildman–Crippen MR) is 83.3 cm³/mol. The highest BCUT2D eigenvalue weighted by molar-refractivity contribution is 9.10. The number of aliphatic hydroxyl groups is 1. The highest BCUT2D eigenvalue weighted by atomic mass is 79.9. The second-order valence-electron chi connectivity index (χ2n) is 4.76. The second-order valence-corrected chi connectivity index (χ2v) is 5.52. The molecule has 0 spiro atoms. The van der Waals surface area contributed by atoms with Crippen LogP contribution in [0.2, 0.25) is 0 Å². The first-order valence-electron chi connectivity index (χ1n) is 6.41. The lowest BCUT2D eigenvalue weighted by Gasteiger charge is -2.12. The molecular formula is C15H14BrN3O2. The third kappa shape index (κ3) is 2.52. The minimum atomic E-state index is -0.786. The number of nitrogens with zero attached hydrogens (tertiary/aromatic N) is 3. The van der Waals surface area contributed by atoms with E-state index in [0.717, 1.165) is 22.1 Å². The SMILES string of the molecule is COc1ccc2cc(C(O)c3c(Br)nnn3C)ccc2c1. The van der Waals surface area contributed by atoms with Crippen molar-refractivity contribution in [2.24, 2.45) is 7.05 Å². The standard InChI is InChI=1S/C15H14BrN3O2/c1-19-13(15(16)17-18-19)14(20)11-4-3-10-8-12(21-2)6-5-9(10)7-11/h3-8,14,20H,1-2H3. The van der Waals surface area contributed by atoms with Crippen LogP contribution >= 0.6 is 15.9 Å². The Balaban J connectivity index is 2.05. The Morgan fingerprint density at radius 1 is 1.19 bits per heavy atom. The molecule has 5 nitrogen and oxygen atoms in total. The van der Waals surface area contributed by atoms with Gasteiger partial charge >= 0.3 is 0 Å². The summed E-state index contributed by atoms with van der Waals surface area (Å²) >= 11 is 3.31. The zero-order valence-corrected chi connectivity index (χ0v) is 13.2. The summed E-state index contributed by atoms with van der Waals surface area (Å²) in [6, 6.07) is 11.7. The summed E-state index contributed by atoms with van der Waals surface area (Å²) in [5, 5.41) is 20.4. The molecule has 0 amide bonds. The summed E-state index contributed by atoms with van der Waals surface area (Å²) in [7, 11) is 3.40. The van der Waals surface area contributed by atoms with Crippen LogP contribution in [0.25, 0.3) is 10.8 Å². The van der Waals surface area contributed by atoms with Crippen LogP contribution in [-0.4, -0.2) is 27.2 Å². The van der Waals surface area contributed by atoms with Gasteiger partial charge in [0.05, 0.1) is 7.11 Å². The van der Waals surface area contributed by atoms with E-state index in [1.54, 1.807) is 18.8 Å². The highest BCUT2D eigenvalue weighted by Gasteiger charge is 2.19. The molecule has 0 aliphatic rings. The van der Waals surface area contributed by atoms with Gasteiger partial charge in [0.1, 0.15) is 17.5 Å². The van der Waals surface area contributed by atoms with Crippen LogP contribution in [0.5, 0.6) is 5.75 Å². The summed E-state index contributed by atoms with van der Waals surface area (Å²) in [6.45, 7) is 0. The van der Waals surface area contributed by atoms with E-state index in [2.05, 4.69) is 26.2 Å². The van der Waals surface area contributed by atoms with Gasteiger partial charge in [-0.25, -0.2) is 4.68 Å². The number of aryl methyl sites for hydroxylation is 1. The zero-order chi connectivity index (χ0) is 15.0. The van der Waals surface area contributed by atoms with Crippen molar-refractivity contribution in [1.82, 2.24) is 15.0 Å². The lowest BCUT2D eigenvalue weighted by Crippen LogP contribution is -2.07. The first-order chi connectivity index (χ1) is 10.1.